The van der Waals surface area contributed by atoms with Gasteiger partial charge in [-0.2, -0.15) is 0 Å². The maximum atomic E-state index is 13.9. The Bertz CT molecular complexity index is 1090. The van der Waals surface area contributed by atoms with Gasteiger partial charge in [-0.15, -0.1) is 0 Å². The van der Waals surface area contributed by atoms with E-state index in [4.69, 9.17) is 9.47 Å². The minimum atomic E-state index is -2.45. The highest BCUT2D eigenvalue weighted by Crippen LogP contribution is 2.33. The largest absolute Gasteiger partial charge is 0.497 e. The molecule has 0 aliphatic carbocycles. The lowest BCUT2D eigenvalue weighted by molar-refractivity contribution is -0.136. The molecule has 6 nitrogen and oxygen atoms in total. The van der Waals surface area contributed by atoms with E-state index in [0.29, 0.717) is 11.5 Å². The molecule has 0 spiro atoms. The van der Waals surface area contributed by atoms with Crippen LogP contribution >= 0.6 is 0 Å². The third-order valence-corrected chi connectivity index (χ3v) is 4.86. The smallest absolute Gasteiger partial charge is 0.279 e. The first-order valence-corrected chi connectivity index (χ1v) is 9.24. The van der Waals surface area contributed by atoms with Crippen molar-refractivity contribution in [3.05, 3.63) is 88.7 Å². The topological polar surface area (TPSA) is 79.8 Å². The molecule has 3 aromatic rings. The lowest BCUT2D eigenvalue weighted by atomic mass is 9.85. The predicted octanol–water partition coefficient (Wildman–Crippen LogP) is 3.78. The fourth-order valence-electron chi connectivity index (χ4n) is 3.02. The number of rotatable bonds is 7. The van der Waals surface area contributed by atoms with E-state index >= 15 is 0 Å². The fourth-order valence-corrected chi connectivity index (χ4v) is 3.02. The summed E-state index contributed by atoms with van der Waals surface area (Å²) in [7, 11) is 2.82. The van der Waals surface area contributed by atoms with Crippen molar-refractivity contribution in [3.63, 3.8) is 0 Å². The number of amides is 1. The van der Waals surface area contributed by atoms with Crippen molar-refractivity contribution in [2.24, 2.45) is 0 Å². The zero-order valence-electron chi connectivity index (χ0n) is 17.2. The summed E-state index contributed by atoms with van der Waals surface area (Å²) >= 11 is 0. The molecule has 0 fully saturated rings. The van der Waals surface area contributed by atoms with Crippen molar-refractivity contribution >= 4 is 11.6 Å². The molecule has 3 rings (SSSR count). The van der Waals surface area contributed by atoms with E-state index in [1.807, 2.05) is 5.43 Å². The minimum absolute atomic E-state index is 0.0187. The Morgan fingerprint density at radius 1 is 0.727 bits per heavy atom. The number of carbonyl (C=O) groups excluding carboxylic acids is 1. The van der Waals surface area contributed by atoms with Crippen LogP contribution in [0.2, 0.25) is 0 Å². The molecule has 3 N–H and O–H groups in total. The van der Waals surface area contributed by atoms with Gasteiger partial charge in [-0.3, -0.25) is 15.6 Å². The van der Waals surface area contributed by atoms with Crippen molar-refractivity contribution in [1.82, 2.24) is 5.43 Å². The number of hydrazine groups is 1. The summed E-state index contributed by atoms with van der Waals surface area (Å²) in [6, 6.07) is 11.3. The average Bonchev–Trinajstić information content (AvgIpc) is 2.85. The molecule has 0 heterocycles. The Kier molecular flexibility index (Phi) is 6.73. The molecular formula is C22H17F5N2O4. The van der Waals surface area contributed by atoms with E-state index in [0.717, 1.165) is 0 Å². The highest BCUT2D eigenvalue weighted by Gasteiger charge is 2.40. The van der Waals surface area contributed by atoms with E-state index in [1.165, 1.54) is 62.8 Å². The molecule has 0 aromatic heterocycles. The first-order valence-electron chi connectivity index (χ1n) is 9.24. The van der Waals surface area contributed by atoms with Gasteiger partial charge in [0.05, 0.1) is 14.2 Å². The number of halogens is 5. The summed E-state index contributed by atoms with van der Waals surface area (Å²) in [6.45, 7) is 0. The van der Waals surface area contributed by atoms with Crippen molar-refractivity contribution in [3.8, 4) is 11.5 Å². The summed E-state index contributed by atoms with van der Waals surface area (Å²) in [5, 5.41) is 11.4. The highest BCUT2D eigenvalue weighted by molar-refractivity contribution is 5.91. The molecule has 0 atom stereocenters. The summed E-state index contributed by atoms with van der Waals surface area (Å²) in [5.74, 6) is -11.6. The third-order valence-electron chi connectivity index (χ3n) is 4.86. The molecule has 0 unspecified atom stereocenters. The van der Waals surface area contributed by atoms with Gasteiger partial charge in [0, 0.05) is 0 Å². The quantitative estimate of drug-likeness (QED) is 0.213. The number of hydrogen-bond donors (Lipinski definition) is 3. The van der Waals surface area contributed by atoms with Crippen LogP contribution in [0.15, 0.2) is 48.5 Å². The standard InChI is InChI=1S/C22H17F5N2O4/c1-32-13-7-3-11(4-8-13)22(31,12-5-9-14(33-2)10-6-12)21(30)29-28-20-18(26)16(24)15(23)17(25)19(20)27/h3-10,28,31H,1-2H3,(H,29,30). The van der Waals surface area contributed by atoms with Crippen molar-refractivity contribution in [1.29, 1.82) is 0 Å². The number of benzene rings is 3. The van der Waals surface area contributed by atoms with Gasteiger partial charge in [-0.05, 0) is 35.4 Å². The third kappa shape index (κ3) is 4.27. The summed E-state index contributed by atoms with van der Waals surface area (Å²) < 4.78 is 78.1. The number of aliphatic hydroxyl groups is 1. The Hall–Kier alpha value is -3.86. The average molecular weight is 468 g/mol. The lowest BCUT2D eigenvalue weighted by Gasteiger charge is -2.28. The molecule has 0 saturated carbocycles. The van der Waals surface area contributed by atoms with Gasteiger partial charge in [0.25, 0.3) is 5.91 Å². The number of ether oxygens (including phenoxy) is 2. The lowest BCUT2D eigenvalue weighted by Crippen LogP contribution is -2.47. The number of carbonyl (C=O) groups is 1. The summed E-state index contributed by atoms with van der Waals surface area (Å²) in [4.78, 5) is 13.0. The monoisotopic (exact) mass is 468 g/mol. The van der Waals surface area contributed by atoms with Crippen LogP contribution in [0.3, 0.4) is 0 Å². The molecule has 1 amide bonds. The first kappa shape index (κ1) is 23.8. The van der Waals surface area contributed by atoms with Gasteiger partial charge < -0.3 is 14.6 Å². The molecule has 0 saturated heterocycles. The van der Waals surface area contributed by atoms with Gasteiger partial charge in [-0.1, -0.05) is 24.3 Å². The van der Waals surface area contributed by atoms with Crippen molar-refractivity contribution < 1.29 is 41.3 Å². The number of nitrogens with one attached hydrogen (secondary N) is 2. The highest BCUT2D eigenvalue weighted by atomic mass is 19.2. The van der Waals surface area contributed by atoms with Crippen molar-refractivity contribution in [2.45, 2.75) is 5.60 Å². The maximum Gasteiger partial charge on any atom is 0.279 e. The van der Waals surface area contributed by atoms with E-state index in [9.17, 15) is 31.9 Å². The zero-order chi connectivity index (χ0) is 24.3. The van der Waals surface area contributed by atoms with E-state index in [-0.39, 0.29) is 11.1 Å². The van der Waals surface area contributed by atoms with Crippen LogP contribution in [0.25, 0.3) is 0 Å². The maximum absolute atomic E-state index is 13.9. The Labute approximate surface area is 184 Å². The second-order valence-electron chi connectivity index (χ2n) is 6.69. The van der Waals surface area contributed by atoms with Gasteiger partial charge in [-0.25, -0.2) is 22.0 Å². The van der Waals surface area contributed by atoms with Gasteiger partial charge in [0.15, 0.2) is 28.9 Å². The Morgan fingerprint density at radius 3 is 1.45 bits per heavy atom. The van der Waals surface area contributed by atoms with Gasteiger partial charge in [0.1, 0.15) is 17.2 Å². The molecule has 3 aromatic carbocycles. The molecular weight excluding hydrogens is 451 g/mol. The SMILES string of the molecule is COc1ccc(C(O)(C(=O)NNc2c(F)c(F)c(F)c(F)c2F)c2ccc(OC)cc2)cc1. The van der Waals surface area contributed by atoms with E-state index in [2.05, 4.69) is 0 Å². The van der Waals surface area contributed by atoms with Gasteiger partial charge in [0.2, 0.25) is 5.82 Å². The van der Waals surface area contributed by atoms with Crippen LogP contribution in [-0.4, -0.2) is 25.2 Å². The van der Waals surface area contributed by atoms with E-state index in [1.54, 1.807) is 5.43 Å². The molecule has 0 radical (unpaired) electrons. The van der Waals surface area contributed by atoms with Crippen LogP contribution < -0.4 is 20.3 Å². The van der Waals surface area contributed by atoms with Gasteiger partial charge >= 0.3 is 0 Å². The number of hydrogen-bond acceptors (Lipinski definition) is 5. The molecule has 174 valence electrons. The first-order chi connectivity index (χ1) is 15.6. The van der Waals surface area contributed by atoms with Crippen LogP contribution in [0.4, 0.5) is 27.6 Å². The molecule has 11 heteroatoms. The number of anilines is 1. The Balaban J connectivity index is 2.01. The van der Waals surface area contributed by atoms with Crippen LogP contribution in [0.5, 0.6) is 11.5 Å². The molecule has 0 aliphatic rings. The van der Waals surface area contributed by atoms with Crippen LogP contribution in [0, 0.1) is 29.1 Å². The second-order valence-corrected chi connectivity index (χ2v) is 6.69. The molecule has 0 bridgehead atoms. The fraction of sp³-hybridized carbons (Fsp3) is 0.136. The minimum Gasteiger partial charge on any atom is -0.497 e. The Morgan fingerprint density at radius 2 is 1.09 bits per heavy atom. The summed E-state index contributed by atoms with van der Waals surface area (Å²) in [6.07, 6.45) is 0. The van der Waals surface area contributed by atoms with Crippen LogP contribution in [-0.2, 0) is 10.4 Å². The van der Waals surface area contributed by atoms with Crippen LogP contribution in [0.1, 0.15) is 11.1 Å². The summed E-state index contributed by atoms with van der Waals surface area (Å²) in [5.41, 5.74) is -0.419. The second kappa shape index (κ2) is 9.33. The predicted molar refractivity (Wildman–Crippen MR) is 107 cm³/mol. The molecule has 33 heavy (non-hydrogen) atoms. The zero-order valence-corrected chi connectivity index (χ0v) is 17.2. The van der Waals surface area contributed by atoms with E-state index < -0.39 is 46.3 Å². The molecule has 0 aliphatic heterocycles. The number of methoxy groups -OCH3 is 2. The normalized spacial score (nSPS) is 11.2. The van der Waals surface area contributed by atoms with Crippen molar-refractivity contribution in [2.75, 3.05) is 19.6 Å².